The van der Waals surface area contributed by atoms with E-state index < -0.39 is 0 Å². The lowest BCUT2D eigenvalue weighted by Crippen LogP contribution is -2.08. The number of hydrogen-bond donors (Lipinski definition) is 1. The Bertz CT molecular complexity index is 145. The van der Waals surface area contributed by atoms with Crippen molar-refractivity contribution < 1.29 is 0 Å². The van der Waals surface area contributed by atoms with Gasteiger partial charge in [0.05, 0.1) is 0 Å². The average molecular weight is 138 g/mol. The Kier molecular flexibility index (Phi) is 5.68. The van der Waals surface area contributed by atoms with Gasteiger partial charge in [-0.15, -0.1) is 0 Å². The highest BCUT2D eigenvalue weighted by molar-refractivity contribution is 5.26. The van der Waals surface area contributed by atoms with Gasteiger partial charge in [0.15, 0.2) is 0 Å². The van der Waals surface area contributed by atoms with E-state index in [1.165, 1.54) is 5.57 Å². The lowest BCUT2D eigenvalue weighted by Gasteiger charge is -1.94. The molecule has 0 aliphatic rings. The standard InChI is InChI=1S/C8H14N2/c1-8(7-10-3)5-4-6-9-2/h4-6,10H,2,7H2,1,3H3/b6-4-,8-5+. The van der Waals surface area contributed by atoms with E-state index in [4.69, 9.17) is 0 Å². The topological polar surface area (TPSA) is 24.4 Å². The van der Waals surface area contributed by atoms with Crippen LogP contribution in [-0.4, -0.2) is 20.3 Å². The third-order valence-electron chi connectivity index (χ3n) is 1.03. The lowest BCUT2D eigenvalue weighted by atomic mass is 10.3. The monoisotopic (exact) mass is 138 g/mol. The van der Waals surface area contributed by atoms with Gasteiger partial charge in [0, 0.05) is 12.7 Å². The minimum Gasteiger partial charge on any atom is -0.316 e. The predicted molar refractivity (Wildman–Crippen MR) is 46.4 cm³/mol. The maximum absolute atomic E-state index is 3.57. The first kappa shape index (κ1) is 9.11. The first-order valence-electron chi connectivity index (χ1n) is 3.24. The summed E-state index contributed by atoms with van der Waals surface area (Å²) in [4.78, 5) is 3.57. The van der Waals surface area contributed by atoms with Crippen molar-refractivity contribution in [3.05, 3.63) is 23.9 Å². The van der Waals surface area contributed by atoms with Crippen molar-refractivity contribution in [2.45, 2.75) is 6.92 Å². The van der Waals surface area contributed by atoms with Gasteiger partial charge < -0.3 is 5.32 Å². The summed E-state index contributed by atoms with van der Waals surface area (Å²) in [5, 5.41) is 3.05. The van der Waals surface area contributed by atoms with Crippen molar-refractivity contribution in [2.24, 2.45) is 4.99 Å². The molecule has 56 valence electrons. The SMILES string of the molecule is C=N/C=C\C=C(/C)CNC. The maximum atomic E-state index is 3.57. The Hall–Kier alpha value is -0.890. The highest BCUT2D eigenvalue weighted by Gasteiger charge is 1.80. The van der Waals surface area contributed by atoms with Crippen molar-refractivity contribution in [1.82, 2.24) is 5.32 Å². The van der Waals surface area contributed by atoms with E-state index in [0.717, 1.165) is 6.54 Å². The molecular formula is C8H14N2. The number of aliphatic imine (C=N–C) groups is 1. The van der Waals surface area contributed by atoms with Gasteiger partial charge in [-0.1, -0.05) is 11.6 Å². The summed E-state index contributed by atoms with van der Waals surface area (Å²) in [6.07, 6.45) is 5.55. The van der Waals surface area contributed by atoms with Crippen LogP contribution in [0.15, 0.2) is 28.9 Å². The average Bonchev–Trinajstić information content (AvgIpc) is 1.89. The Morgan fingerprint density at radius 3 is 2.90 bits per heavy atom. The summed E-state index contributed by atoms with van der Waals surface area (Å²) in [7, 11) is 1.92. The second-order valence-corrected chi connectivity index (χ2v) is 2.07. The molecule has 0 unspecified atom stereocenters. The van der Waals surface area contributed by atoms with Crippen LogP contribution in [0.3, 0.4) is 0 Å². The molecule has 10 heavy (non-hydrogen) atoms. The van der Waals surface area contributed by atoms with E-state index in [1.807, 2.05) is 19.2 Å². The summed E-state index contributed by atoms with van der Waals surface area (Å²) in [6, 6.07) is 0. The summed E-state index contributed by atoms with van der Waals surface area (Å²) in [6.45, 7) is 6.30. The third-order valence-corrected chi connectivity index (χ3v) is 1.03. The molecule has 0 fully saturated rings. The number of nitrogens with zero attached hydrogens (tertiary/aromatic N) is 1. The molecule has 0 amide bonds. The van der Waals surface area contributed by atoms with E-state index in [-0.39, 0.29) is 0 Å². The van der Waals surface area contributed by atoms with Gasteiger partial charge in [0.1, 0.15) is 0 Å². The van der Waals surface area contributed by atoms with Crippen molar-refractivity contribution in [3.63, 3.8) is 0 Å². The van der Waals surface area contributed by atoms with E-state index in [9.17, 15) is 0 Å². The summed E-state index contributed by atoms with van der Waals surface area (Å²) >= 11 is 0. The van der Waals surface area contributed by atoms with Crippen LogP contribution >= 0.6 is 0 Å². The molecule has 2 nitrogen and oxygen atoms in total. The molecule has 0 bridgehead atoms. The highest BCUT2D eigenvalue weighted by atomic mass is 14.8. The van der Waals surface area contributed by atoms with Gasteiger partial charge in [-0.25, -0.2) is 0 Å². The zero-order valence-corrected chi connectivity index (χ0v) is 6.59. The minimum absolute atomic E-state index is 0.918. The third kappa shape index (κ3) is 5.25. The number of rotatable bonds is 4. The fraction of sp³-hybridized carbons (Fsp3) is 0.375. The molecule has 0 rings (SSSR count). The highest BCUT2D eigenvalue weighted by Crippen LogP contribution is 1.89. The molecule has 2 heteroatoms. The number of allylic oxidation sites excluding steroid dienone is 2. The van der Waals surface area contributed by atoms with E-state index in [1.54, 1.807) is 6.20 Å². The molecule has 0 aliphatic carbocycles. The largest absolute Gasteiger partial charge is 0.316 e. The molecule has 1 N–H and O–H groups in total. The fourth-order valence-corrected chi connectivity index (χ4v) is 0.606. The Morgan fingerprint density at radius 1 is 1.70 bits per heavy atom. The number of likely N-dealkylation sites (N-methyl/N-ethyl adjacent to an activating group) is 1. The second kappa shape index (κ2) is 6.23. The minimum atomic E-state index is 0.918. The molecule has 0 saturated carbocycles. The van der Waals surface area contributed by atoms with Crippen LogP contribution in [0.4, 0.5) is 0 Å². The van der Waals surface area contributed by atoms with Gasteiger partial charge in [-0.2, -0.15) is 0 Å². The van der Waals surface area contributed by atoms with Gasteiger partial charge >= 0.3 is 0 Å². The van der Waals surface area contributed by atoms with Crippen LogP contribution in [-0.2, 0) is 0 Å². The first-order chi connectivity index (χ1) is 4.81. The normalized spacial score (nSPS) is 12.4. The van der Waals surface area contributed by atoms with Crippen LogP contribution in [0, 0.1) is 0 Å². The van der Waals surface area contributed by atoms with Crippen molar-refractivity contribution >= 4 is 6.72 Å². The van der Waals surface area contributed by atoms with Crippen LogP contribution < -0.4 is 5.32 Å². The molecular weight excluding hydrogens is 124 g/mol. The molecule has 0 radical (unpaired) electrons. The summed E-state index contributed by atoms with van der Waals surface area (Å²) in [5.74, 6) is 0. The molecule has 0 atom stereocenters. The molecule has 0 spiro atoms. The van der Waals surface area contributed by atoms with Crippen molar-refractivity contribution in [1.29, 1.82) is 0 Å². The molecule has 0 aromatic rings. The van der Waals surface area contributed by atoms with Gasteiger partial charge in [0.2, 0.25) is 0 Å². The van der Waals surface area contributed by atoms with E-state index in [2.05, 4.69) is 24.0 Å². The number of nitrogens with one attached hydrogen (secondary N) is 1. The molecule has 0 saturated heterocycles. The maximum Gasteiger partial charge on any atom is 0.0260 e. The summed E-state index contributed by atoms with van der Waals surface area (Å²) in [5.41, 5.74) is 1.28. The zero-order valence-electron chi connectivity index (χ0n) is 6.59. The zero-order chi connectivity index (χ0) is 7.82. The molecule has 0 heterocycles. The predicted octanol–water partition coefficient (Wildman–Crippen LogP) is 1.37. The Labute approximate surface area is 62.4 Å². The van der Waals surface area contributed by atoms with E-state index in [0.29, 0.717) is 0 Å². The van der Waals surface area contributed by atoms with Gasteiger partial charge in [0.25, 0.3) is 0 Å². The van der Waals surface area contributed by atoms with Gasteiger partial charge in [-0.3, -0.25) is 4.99 Å². The molecule has 0 aromatic carbocycles. The number of hydrogen-bond acceptors (Lipinski definition) is 2. The molecule has 0 aliphatic heterocycles. The Morgan fingerprint density at radius 2 is 2.40 bits per heavy atom. The fourth-order valence-electron chi connectivity index (χ4n) is 0.606. The second-order valence-electron chi connectivity index (χ2n) is 2.07. The molecule has 0 aromatic heterocycles. The van der Waals surface area contributed by atoms with Crippen molar-refractivity contribution in [3.8, 4) is 0 Å². The van der Waals surface area contributed by atoms with Crippen LogP contribution in [0.5, 0.6) is 0 Å². The Balaban J connectivity index is 3.67. The quantitative estimate of drug-likeness (QED) is 0.460. The lowest BCUT2D eigenvalue weighted by molar-refractivity contribution is 0.880. The summed E-state index contributed by atoms with van der Waals surface area (Å²) < 4.78 is 0. The smallest absolute Gasteiger partial charge is 0.0260 e. The van der Waals surface area contributed by atoms with Crippen LogP contribution in [0.2, 0.25) is 0 Å². The van der Waals surface area contributed by atoms with Crippen molar-refractivity contribution in [2.75, 3.05) is 13.6 Å². The van der Waals surface area contributed by atoms with E-state index >= 15 is 0 Å². The van der Waals surface area contributed by atoms with Crippen LogP contribution in [0.1, 0.15) is 6.92 Å². The first-order valence-corrected chi connectivity index (χ1v) is 3.24. The van der Waals surface area contributed by atoms with Crippen LogP contribution in [0.25, 0.3) is 0 Å². The van der Waals surface area contributed by atoms with Gasteiger partial charge in [-0.05, 0) is 26.8 Å².